The predicted octanol–water partition coefficient (Wildman–Crippen LogP) is 5.23. The molecule has 0 aliphatic rings. The van der Waals surface area contributed by atoms with Crippen molar-refractivity contribution in [3.8, 4) is 16.9 Å². The number of nitrogens with one attached hydrogen (secondary N) is 1. The van der Waals surface area contributed by atoms with Gasteiger partial charge in [0.1, 0.15) is 18.1 Å². The molecule has 3 aromatic rings. The summed E-state index contributed by atoms with van der Waals surface area (Å²) in [5, 5.41) is 22.4. The molecule has 0 aliphatic carbocycles. The van der Waals surface area contributed by atoms with Crippen molar-refractivity contribution in [1.82, 2.24) is 4.98 Å². The summed E-state index contributed by atoms with van der Waals surface area (Å²) in [5.41, 5.74) is 4.01. The summed E-state index contributed by atoms with van der Waals surface area (Å²) in [6.45, 7) is 2.02. The van der Waals surface area contributed by atoms with Gasteiger partial charge < -0.3 is 15.5 Å². The minimum absolute atomic E-state index is 0.191. The fourth-order valence-electron chi connectivity index (χ4n) is 3.32. The number of phenols is 1. The average Bonchev–Trinajstić information content (AvgIpc) is 2.70. The number of carboxylic acid groups (broad SMARTS) is 1. The molecule has 0 unspecified atom stereocenters. The van der Waals surface area contributed by atoms with Crippen LogP contribution in [0.5, 0.6) is 5.75 Å². The van der Waals surface area contributed by atoms with Crippen molar-refractivity contribution in [2.45, 2.75) is 39.0 Å². The second kappa shape index (κ2) is 9.22. The number of phenolic OH excluding ortho intramolecular Hbond substituents is 1. The molecule has 5 heteroatoms. The summed E-state index contributed by atoms with van der Waals surface area (Å²) in [6, 6.07) is 15.2. The van der Waals surface area contributed by atoms with Crippen molar-refractivity contribution in [2.75, 3.05) is 11.9 Å². The molecular formula is C23H26N2O3. The summed E-state index contributed by atoms with van der Waals surface area (Å²) >= 11 is 0. The Kier molecular flexibility index (Phi) is 6.48. The van der Waals surface area contributed by atoms with Crippen LogP contribution >= 0.6 is 0 Å². The highest BCUT2D eigenvalue weighted by molar-refractivity contribution is 5.96. The maximum absolute atomic E-state index is 10.9. The summed E-state index contributed by atoms with van der Waals surface area (Å²) < 4.78 is 0. The van der Waals surface area contributed by atoms with Crippen LogP contribution in [0.4, 0.5) is 5.82 Å². The first-order chi connectivity index (χ1) is 13.6. The Bertz CT molecular complexity index is 952. The van der Waals surface area contributed by atoms with Gasteiger partial charge in [0.05, 0.1) is 5.52 Å². The number of fused-ring (bicyclic) bond motifs is 1. The van der Waals surface area contributed by atoms with E-state index >= 15 is 0 Å². The van der Waals surface area contributed by atoms with Crippen LogP contribution in [0.15, 0.2) is 48.5 Å². The lowest BCUT2D eigenvalue weighted by Gasteiger charge is -2.12. The number of anilines is 1. The van der Waals surface area contributed by atoms with E-state index in [1.54, 1.807) is 12.1 Å². The van der Waals surface area contributed by atoms with Crippen LogP contribution in [0.1, 0.15) is 38.2 Å². The molecule has 1 aromatic heterocycles. The van der Waals surface area contributed by atoms with Gasteiger partial charge in [-0.2, -0.15) is 0 Å². The molecule has 0 spiro atoms. The number of aliphatic carboxylic acids is 1. The van der Waals surface area contributed by atoms with Crippen LogP contribution in [0.2, 0.25) is 0 Å². The first-order valence-corrected chi connectivity index (χ1v) is 9.75. The van der Waals surface area contributed by atoms with Crippen molar-refractivity contribution < 1.29 is 15.0 Å². The van der Waals surface area contributed by atoms with Crippen LogP contribution in [-0.2, 0) is 11.2 Å². The monoisotopic (exact) mass is 378 g/mol. The highest BCUT2D eigenvalue weighted by Crippen LogP contribution is 2.32. The number of unbranched alkanes of at least 4 members (excludes halogenated alkanes) is 3. The van der Waals surface area contributed by atoms with Gasteiger partial charge in [0.25, 0.3) is 0 Å². The fourth-order valence-corrected chi connectivity index (χ4v) is 3.32. The molecule has 146 valence electrons. The maximum atomic E-state index is 10.9. The van der Waals surface area contributed by atoms with E-state index in [0.717, 1.165) is 28.5 Å². The van der Waals surface area contributed by atoms with Gasteiger partial charge in [0, 0.05) is 5.39 Å². The molecule has 5 nitrogen and oxygen atoms in total. The number of nitrogens with zero attached hydrogens (tertiary/aromatic N) is 1. The van der Waals surface area contributed by atoms with E-state index in [2.05, 4.69) is 29.4 Å². The van der Waals surface area contributed by atoms with Gasteiger partial charge in [-0.1, -0.05) is 44.4 Å². The number of aromatic nitrogens is 1. The zero-order chi connectivity index (χ0) is 19.9. The molecule has 0 saturated carbocycles. The van der Waals surface area contributed by atoms with Gasteiger partial charge in [0.2, 0.25) is 0 Å². The second-order valence-corrected chi connectivity index (χ2v) is 7.01. The first kappa shape index (κ1) is 19.7. The summed E-state index contributed by atoms with van der Waals surface area (Å²) in [4.78, 5) is 15.5. The number of benzene rings is 2. The lowest BCUT2D eigenvalue weighted by atomic mass is 9.97. The third kappa shape index (κ3) is 5.00. The normalized spacial score (nSPS) is 10.9. The van der Waals surface area contributed by atoms with Crippen LogP contribution in [0.25, 0.3) is 22.0 Å². The van der Waals surface area contributed by atoms with Crippen LogP contribution in [-0.4, -0.2) is 27.7 Å². The lowest BCUT2D eigenvalue weighted by Crippen LogP contribution is -2.13. The molecule has 1 heterocycles. The number of hydrogen-bond acceptors (Lipinski definition) is 4. The average molecular weight is 378 g/mol. The summed E-state index contributed by atoms with van der Waals surface area (Å²) in [6.07, 6.45) is 5.91. The molecule has 3 N–H and O–H groups in total. The number of hydrogen-bond donors (Lipinski definition) is 3. The van der Waals surface area contributed by atoms with E-state index in [0.29, 0.717) is 5.82 Å². The Morgan fingerprint density at radius 3 is 2.54 bits per heavy atom. The summed E-state index contributed by atoms with van der Waals surface area (Å²) in [5.74, 6) is -0.202. The molecule has 0 aliphatic heterocycles. The van der Waals surface area contributed by atoms with E-state index in [9.17, 15) is 9.90 Å². The van der Waals surface area contributed by atoms with Crippen LogP contribution in [0, 0.1) is 0 Å². The van der Waals surface area contributed by atoms with E-state index in [1.165, 1.54) is 31.2 Å². The Balaban J connectivity index is 2.00. The molecule has 3 rings (SSSR count). The van der Waals surface area contributed by atoms with Crippen LogP contribution < -0.4 is 5.32 Å². The fraction of sp³-hybridized carbons (Fsp3) is 0.304. The van der Waals surface area contributed by atoms with Gasteiger partial charge in [-0.05, 0) is 59.9 Å². The minimum atomic E-state index is -0.935. The zero-order valence-corrected chi connectivity index (χ0v) is 16.1. The van der Waals surface area contributed by atoms with E-state index in [4.69, 9.17) is 5.11 Å². The molecule has 2 aromatic carbocycles. The standard InChI is InChI=1S/C23H26N2O3/c1-2-3-4-5-6-16-7-12-21-20(13-16)19(17-8-10-18(26)11-9-17)14-22(25-21)24-15-23(27)28/h7-14,26H,2-6,15H2,1H3,(H,24,25)(H,27,28). The first-order valence-electron chi connectivity index (χ1n) is 9.75. The van der Waals surface area contributed by atoms with E-state index in [-0.39, 0.29) is 12.3 Å². The third-order valence-electron chi connectivity index (χ3n) is 4.79. The Hall–Kier alpha value is -3.08. The molecule has 0 radical (unpaired) electrons. The molecule has 0 saturated heterocycles. The number of aromatic hydroxyl groups is 1. The van der Waals surface area contributed by atoms with Gasteiger partial charge in [-0.25, -0.2) is 4.98 Å². The highest BCUT2D eigenvalue weighted by atomic mass is 16.4. The molecular weight excluding hydrogens is 352 g/mol. The van der Waals surface area contributed by atoms with Crippen molar-refractivity contribution >= 4 is 22.7 Å². The van der Waals surface area contributed by atoms with Crippen molar-refractivity contribution in [3.63, 3.8) is 0 Å². The predicted molar refractivity (Wildman–Crippen MR) is 113 cm³/mol. The van der Waals surface area contributed by atoms with Crippen molar-refractivity contribution in [3.05, 3.63) is 54.1 Å². The maximum Gasteiger partial charge on any atom is 0.322 e. The smallest absolute Gasteiger partial charge is 0.322 e. The lowest BCUT2D eigenvalue weighted by molar-refractivity contribution is -0.134. The third-order valence-corrected chi connectivity index (χ3v) is 4.79. The number of rotatable bonds is 9. The molecule has 0 fully saturated rings. The van der Waals surface area contributed by atoms with Gasteiger partial charge in [-0.3, -0.25) is 4.79 Å². The highest BCUT2D eigenvalue weighted by Gasteiger charge is 2.10. The van der Waals surface area contributed by atoms with Gasteiger partial charge >= 0.3 is 5.97 Å². The molecule has 28 heavy (non-hydrogen) atoms. The molecule has 0 atom stereocenters. The Morgan fingerprint density at radius 2 is 1.82 bits per heavy atom. The second-order valence-electron chi connectivity index (χ2n) is 7.01. The number of carboxylic acids is 1. The quantitative estimate of drug-likeness (QED) is 0.444. The Morgan fingerprint density at radius 1 is 1.04 bits per heavy atom. The van der Waals surface area contributed by atoms with Crippen molar-refractivity contribution in [1.29, 1.82) is 0 Å². The summed E-state index contributed by atoms with van der Waals surface area (Å²) in [7, 11) is 0. The zero-order valence-electron chi connectivity index (χ0n) is 16.1. The number of pyridine rings is 1. The largest absolute Gasteiger partial charge is 0.508 e. The van der Waals surface area contributed by atoms with Gasteiger partial charge in [0.15, 0.2) is 0 Å². The molecule has 0 amide bonds. The number of carbonyl (C=O) groups is 1. The SMILES string of the molecule is CCCCCCc1ccc2nc(NCC(=O)O)cc(-c3ccc(O)cc3)c2c1. The molecule has 0 bridgehead atoms. The minimum Gasteiger partial charge on any atom is -0.508 e. The van der Waals surface area contributed by atoms with Gasteiger partial charge in [-0.15, -0.1) is 0 Å². The van der Waals surface area contributed by atoms with Crippen molar-refractivity contribution in [2.24, 2.45) is 0 Å². The topological polar surface area (TPSA) is 82.5 Å². The Labute approximate surface area is 165 Å². The van der Waals surface area contributed by atoms with Crippen LogP contribution in [0.3, 0.4) is 0 Å². The number of aryl methyl sites for hydroxylation is 1. The van der Waals surface area contributed by atoms with E-state index in [1.807, 2.05) is 24.3 Å². The van der Waals surface area contributed by atoms with E-state index < -0.39 is 5.97 Å².